The monoisotopic (exact) mass is 314 g/mol. The van der Waals surface area contributed by atoms with Crippen LogP contribution in [0.4, 0.5) is 5.69 Å². The van der Waals surface area contributed by atoms with Gasteiger partial charge in [0.15, 0.2) is 11.4 Å². The van der Waals surface area contributed by atoms with Crippen molar-refractivity contribution in [2.75, 3.05) is 11.9 Å². The van der Waals surface area contributed by atoms with E-state index in [1.807, 2.05) is 30.3 Å². The molecular weight excluding hydrogens is 296 g/mol. The first-order chi connectivity index (χ1) is 10.0. The van der Waals surface area contributed by atoms with Gasteiger partial charge in [-0.1, -0.05) is 18.2 Å². The van der Waals surface area contributed by atoms with Crippen molar-refractivity contribution in [2.45, 2.75) is 30.6 Å². The van der Waals surface area contributed by atoms with E-state index in [4.69, 9.17) is 17.0 Å². The quantitative estimate of drug-likeness (QED) is 0.383. The number of thiocarbonyl (C=S) groups is 1. The van der Waals surface area contributed by atoms with Crippen LogP contribution in [0.25, 0.3) is 0 Å². The molecule has 5 atom stereocenters. The molecule has 8 heteroatoms. The maximum Gasteiger partial charge on any atom is 0.184 e. The number of ether oxygens (including phenoxy) is 1. The summed E-state index contributed by atoms with van der Waals surface area (Å²) in [6.07, 6.45) is -5.20. The molecule has 116 valence electrons. The van der Waals surface area contributed by atoms with Gasteiger partial charge in [0.05, 0.1) is 12.6 Å². The maximum absolute atomic E-state index is 9.78. The summed E-state index contributed by atoms with van der Waals surface area (Å²) in [4.78, 5) is 0. The number of aliphatic hydroxyl groups is 4. The van der Waals surface area contributed by atoms with Crippen LogP contribution in [-0.4, -0.2) is 62.8 Å². The van der Waals surface area contributed by atoms with Crippen molar-refractivity contribution in [1.29, 1.82) is 0 Å². The van der Waals surface area contributed by atoms with Crippen LogP contribution in [0.15, 0.2) is 30.3 Å². The molecule has 0 unspecified atom stereocenters. The first-order valence-corrected chi connectivity index (χ1v) is 6.87. The van der Waals surface area contributed by atoms with Crippen molar-refractivity contribution in [2.24, 2.45) is 0 Å². The minimum atomic E-state index is -1.49. The predicted octanol–water partition coefficient (Wildman–Crippen LogP) is -1.23. The number of hydrogen-bond donors (Lipinski definition) is 6. The lowest BCUT2D eigenvalue weighted by atomic mass is 10.0. The van der Waals surface area contributed by atoms with Gasteiger partial charge in [-0.25, -0.2) is 0 Å². The summed E-state index contributed by atoms with van der Waals surface area (Å²) in [7, 11) is 0. The van der Waals surface area contributed by atoms with Crippen molar-refractivity contribution in [3.05, 3.63) is 30.3 Å². The second kappa shape index (κ2) is 7.12. The highest BCUT2D eigenvalue weighted by Crippen LogP contribution is 2.22. The first-order valence-electron chi connectivity index (χ1n) is 6.46. The number of benzene rings is 1. The molecule has 1 saturated heterocycles. The number of para-hydroxylation sites is 1. The topological polar surface area (TPSA) is 114 Å². The molecule has 1 fully saturated rings. The third-order valence-electron chi connectivity index (χ3n) is 3.22. The van der Waals surface area contributed by atoms with E-state index in [2.05, 4.69) is 10.6 Å². The smallest absolute Gasteiger partial charge is 0.184 e. The summed E-state index contributed by atoms with van der Waals surface area (Å²) < 4.78 is 5.04. The van der Waals surface area contributed by atoms with Crippen molar-refractivity contribution in [3.63, 3.8) is 0 Å². The Hall–Kier alpha value is -1.29. The lowest BCUT2D eigenvalue weighted by Crippen LogP contribution is -2.51. The van der Waals surface area contributed by atoms with Gasteiger partial charge in [0, 0.05) is 5.69 Å². The third-order valence-corrected chi connectivity index (χ3v) is 3.44. The SMILES string of the molecule is OC[C@H](NC(=S)Nc1ccccc1)[C@@H]1O[C@H](O)[C@H](O)[C@@H]1O. The van der Waals surface area contributed by atoms with Crippen LogP contribution >= 0.6 is 12.2 Å². The molecule has 0 bridgehead atoms. The summed E-state index contributed by atoms with van der Waals surface area (Å²) in [5, 5.41) is 43.9. The van der Waals surface area contributed by atoms with Crippen molar-refractivity contribution in [3.8, 4) is 0 Å². The lowest BCUT2D eigenvalue weighted by Gasteiger charge is -2.26. The molecule has 1 aliphatic rings. The molecule has 6 N–H and O–H groups in total. The van der Waals surface area contributed by atoms with E-state index in [9.17, 15) is 20.4 Å². The second-order valence-corrected chi connectivity index (χ2v) is 5.13. The van der Waals surface area contributed by atoms with Gasteiger partial charge in [-0.3, -0.25) is 0 Å². The van der Waals surface area contributed by atoms with E-state index >= 15 is 0 Å². The van der Waals surface area contributed by atoms with E-state index < -0.39 is 37.3 Å². The predicted molar refractivity (Wildman–Crippen MR) is 79.6 cm³/mol. The van der Waals surface area contributed by atoms with Gasteiger partial charge < -0.3 is 35.8 Å². The first kappa shape index (κ1) is 16.1. The fourth-order valence-electron chi connectivity index (χ4n) is 2.11. The van der Waals surface area contributed by atoms with E-state index in [0.717, 1.165) is 5.69 Å². The highest BCUT2D eigenvalue weighted by molar-refractivity contribution is 7.80. The minimum Gasteiger partial charge on any atom is -0.394 e. The Morgan fingerprint density at radius 1 is 1.19 bits per heavy atom. The van der Waals surface area contributed by atoms with Gasteiger partial charge >= 0.3 is 0 Å². The van der Waals surface area contributed by atoms with Crippen molar-refractivity contribution < 1.29 is 25.2 Å². The summed E-state index contributed by atoms with van der Waals surface area (Å²) in [6, 6.07) is 8.41. The molecular formula is C13H18N2O5S. The molecule has 7 nitrogen and oxygen atoms in total. The van der Waals surface area contributed by atoms with E-state index in [0.29, 0.717) is 0 Å². The summed E-state index contributed by atoms with van der Waals surface area (Å²) in [6.45, 7) is -0.391. The number of hydrogen-bond acceptors (Lipinski definition) is 6. The molecule has 21 heavy (non-hydrogen) atoms. The molecule has 0 aromatic heterocycles. The number of nitrogens with one attached hydrogen (secondary N) is 2. The van der Waals surface area contributed by atoms with Crippen LogP contribution in [0, 0.1) is 0 Å². The Balaban J connectivity index is 1.95. The molecule has 1 aromatic rings. The maximum atomic E-state index is 9.78. The summed E-state index contributed by atoms with van der Waals surface area (Å²) >= 11 is 5.12. The van der Waals surface area contributed by atoms with Crippen molar-refractivity contribution >= 4 is 23.0 Å². The molecule has 1 aromatic carbocycles. The molecule has 1 heterocycles. The van der Waals surface area contributed by atoms with Gasteiger partial charge in [0.25, 0.3) is 0 Å². The average Bonchev–Trinajstić information content (AvgIpc) is 2.73. The van der Waals surface area contributed by atoms with Crippen LogP contribution in [0.3, 0.4) is 0 Å². The fourth-order valence-corrected chi connectivity index (χ4v) is 2.38. The number of rotatable bonds is 4. The zero-order chi connectivity index (χ0) is 15.4. The molecule has 2 rings (SSSR count). The zero-order valence-electron chi connectivity index (χ0n) is 11.1. The van der Waals surface area contributed by atoms with E-state index in [-0.39, 0.29) is 5.11 Å². The molecule has 0 radical (unpaired) electrons. The lowest BCUT2D eigenvalue weighted by molar-refractivity contribution is -0.132. The highest BCUT2D eigenvalue weighted by Gasteiger charge is 2.45. The Labute approximate surface area is 127 Å². The molecule has 1 aliphatic heterocycles. The largest absolute Gasteiger partial charge is 0.394 e. The molecule has 0 aliphatic carbocycles. The summed E-state index contributed by atoms with van der Waals surface area (Å²) in [5.74, 6) is 0. The zero-order valence-corrected chi connectivity index (χ0v) is 11.9. The average molecular weight is 314 g/mol. The number of aliphatic hydroxyl groups excluding tert-OH is 4. The summed E-state index contributed by atoms with van der Waals surface area (Å²) in [5.41, 5.74) is 0.764. The van der Waals surface area contributed by atoms with Gasteiger partial charge in [0.1, 0.15) is 18.3 Å². The van der Waals surface area contributed by atoms with E-state index in [1.165, 1.54) is 0 Å². The Morgan fingerprint density at radius 2 is 1.86 bits per heavy atom. The van der Waals surface area contributed by atoms with Gasteiger partial charge in [-0.05, 0) is 24.4 Å². The van der Waals surface area contributed by atoms with Crippen LogP contribution < -0.4 is 10.6 Å². The molecule has 0 spiro atoms. The van der Waals surface area contributed by atoms with Crippen LogP contribution in [0.2, 0.25) is 0 Å². The number of anilines is 1. The fraction of sp³-hybridized carbons (Fsp3) is 0.462. The standard InChI is InChI=1S/C13H18N2O5S/c16-6-8(11-9(17)10(18)12(19)20-11)15-13(21)14-7-4-2-1-3-5-7/h1-5,8-12,16-19H,6H2,(H2,14,15,21)/t8-,9-,10+,11-,12-/m0/s1. The second-order valence-electron chi connectivity index (χ2n) is 4.73. The normalized spacial score (nSPS) is 29.9. The van der Waals surface area contributed by atoms with Crippen molar-refractivity contribution in [1.82, 2.24) is 5.32 Å². The Morgan fingerprint density at radius 3 is 2.38 bits per heavy atom. The highest BCUT2D eigenvalue weighted by atomic mass is 32.1. The third kappa shape index (κ3) is 3.88. The van der Waals surface area contributed by atoms with Crippen LogP contribution in [0.1, 0.15) is 0 Å². The van der Waals surface area contributed by atoms with Crippen LogP contribution in [0.5, 0.6) is 0 Å². The van der Waals surface area contributed by atoms with E-state index in [1.54, 1.807) is 0 Å². The van der Waals surface area contributed by atoms with Gasteiger partial charge in [-0.2, -0.15) is 0 Å². The van der Waals surface area contributed by atoms with Crippen LogP contribution in [-0.2, 0) is 4.74 Å². The van der Waals surface area contributed by atoms with Gasteiger partial charge in [-0.15, -0.1) is 0 Å². The minimum absolute atomic E-state index is 0.229. The Kier molecular flexibility index (Phi) is 5.45. The Bertz CT molecular complexity index is 475. The molecule has 0 amide bonds. The van der Waals surface area contributed by atoms with Gasteiger partial charge in [0.2, 0.25) is 0 Å². The molecule has 0 saturated carbocycles.